The SMILES string of the molecule is O=C(c1cccc(OC[C@H]2CCCN(C(=O)c3ccc(F)c(F)c3)C2)c1)N1CCCC1. The molecule has 5 nitrogen and oxygen atoms in total. The van der Waals surface area contributed by atoms with Gasteiger partial charge in [-0.3, -0.25) is 9.59 Å². The number of likely N-dealkylation sites (tertiary alicyclic amines) is 2. The van der Waals surface area contributed by atoms with Crippen molar-refractivity contribution in [2.45, 2.75) is 25.7 Å². The molecule has 164 valence electrons. The normalized spacial score (nSPS) is 18.8. The van der Waals surface area contributed by atoms with E-state index in [4.69, 9.17) is 4.74 Å². The molecule has 2 aliphatic heterocycles. The van der Waals surface area contributed by atoms with E-state index in [1.165, 1.54) is 6.07 Å². The van der Waals surface area contributed by atoms with Gasteiger partial charge in [0, 0.05) is 43.2 Å². The summed E-state index contributed by atoms with van der Waals surface area (Å²) >= 11 is 0. The number of carbonyl (C=O) groups is 2. The van der Waals surface area contributed by atoms with Gasteiger partial charge >= 0.3 is 0 Å². The van der Waals surface area contributed by atoms with Crippen LogP contribution in [-0.2, 0) is 0 Å². The second kappa shape index (κ2) is 9.45. The van der Waals surface area contributed by atoms with Crippen LogP contribution in [0, 0.1) is 17.6 Å². The highest BCUT2D eigenvalue weighted by molar-refractivity contribution is 5.95. The van der Waals surface area contributed by atoms with E-state index in [2.05, 4.69) is 0 Å². The van der Waals surface area contributed by atoms with Crippen molar-refractivity contribution in [1.29, 1.82) is 0 Å². The molecule has 0 radical (unpaired) electrons. The standard InChI is InChI=1S/C24H26F2N2O3/c25-21-9-8-19(14-22(21)26)24(30)28-12-4-5-17(15-28)16-31-20-7-3-6-18(13-20)23(29)27-10-1-2-11-27/h3,6-9,13-14,17H,1-2,4-5,10-12,15-16H2/t17-/m0/s1. The molecule has 1 atom stereocenters. The van der Waals surface area contributed by atoms with E-state index >= 15 is 0 Å². The Morgan fingerprint density at radius 1 is 0.871 bits per heavy atom. The first-order chi connectivity index (χ1) is 15.0. The fourth-order valence-corrected chi connectivity index (χ4v) is 4.23. The van der Waals surface area contributed by atoms with Gasteiger partial charge in [-0.1, -0.05) is 6.07 Å². The number of amides is 2. The second-order valence-electron chi connectivity index (χ2n) is 8.23. The highest BCUT2D eigenvalue weighted by atomic mass is 19.2. The number of hydrogen-bond acceptors (Lipinski definition) is 3. The van der Waals surface area contributed by atoms with Gasteiger partial charge in [0.05, 0.1) is 6.61 Å². The number of ether oxygens (including phenoxy) is 1. The highest BCUT2D eigenvalue weighted by Gasteiger charge is 2.26. The molecule has 0 bridgehead atoms. The van der Waals surface area contributed by atoms with Crippen molar-refractivity contribution in [3.05, 3.63) is 65.2 Å². The van der Waals surface area contributed by atoms with Crippen LogP contribution in [0.2, 0.25) is 0 Å². The third kappa shape index (κ3) is 5.03. The van der Waals surface area contributed by atoms with Crippen molar-refractivity contribution >= 4 is 11.8 Å². The highest BCUT2D eigenvalue weighted by Crippen LogP contribution is 2.22. The van der Waals surface area contributed by atoms with Crippen LogP contribution in [0.15, 0.2) is 42.5 Å². The van der Waals surface area contributed by atoms with E-state index in [0.29, 0.717) is 31.0 Å². The Bertz CT molecular complexity index is 960. The predicted molar refractivity (Wildman–Crippen MR) is 112 cm³/mol. The van der Waals surface area contributed by atoms with Crippen molar-refractivity contribution < 1.29 is 23.1 Å². The summed E-state index contributed by atoms with van der Waals surface area (Å²) in [6.07, 6.45) is 3.82. The Kier molecular flexibility index (Phi) is 6.49. The van der Waals surface area contributed by atoms with Gasteiger partial charge in [-0.2, -0.15) is 0 Å². The number of rotatable bonds is 5. The van der Waals surface area contributed by atoms with E-state index in [1.54, 1.807) is 17.0 Å². The fourth-order valence-electron chi connectivity index (χ4n) is 4.23. The molecule has 31 heavy (non-hydrogen) atoms. The summed E-state index contributed by atoms with van der Waals surface area (Å²) in [5.74, 6) is -1.50. The molecule has 4 rings (SSSR count). The minimum Gasteiger partial charge on any atom is -0.493 e. The summed E-state index contributed by atoms with van der Waals surface area (Å²) in [6.45, 7) is 3.09. The quantitative estimate of drug-likeness (QED) is 0.720. The Balaban J connectivity index is 1.34. The first-order valence-electron chi connectivity index (χ1n) is 10.8. The van der Waals surface area contributed by atoms with E-state index in [1.807, 2.05) is 17.0 Å². The summed E-state index contributed by atoms with van der Waals surface area (Å²) in [4.78, 5) is 28.8. The summed E-state index contributed by atoms with van der Waals surface area (Å²) in [5, 5.41) is 0. The number of hydrogen-bond donors (Lipinski definition) is 0. The lowest BCUT2D eigenvalue weighted by atomic mass is 9.98. The van der Waals surface area contributed by atoms with Crippen molar-refractivity contribution in [2.75, 3.05) is 32.8 Å². The van der Waals surface area contributed by atoms with Gasteiger partial charge in [0.1, 0.15) is 5.75 Å². The summed E-state index contributed by atoms with van der Waals surface area (Å²) in [5.41, 5.74) is 0.770. The number of nitrogens with zero attached hydrogens (tertiary/aromatic N) is 2. The molecule has 2 aliphatic rings. The summed E-state index contributed by atoms with van der Waals surface area (Å²) < 4.78 is 32.6. The average molecular weight is 428 g/mol. The van der Waals surface area contributed by atoms with Crippen LogP contribution in [-0.4, -0.2) is 54.4 Å². The maximum atomic E-state index is 13.5. The zero-order chi connectivity index (χ0) is 21.8. The number of benzene rings is 2. The molecular weight excluding hydrogens is 402 g/mol. The molecule has 0 N–H and O–H groups in total. The number of piperidine rings is 1. The van der Waals surface area contributed by atoms with Crippen LogP contribution < -0.4 is 4.74 Å². The minimum atomic E-state index is -1.02. The van der Waals surface area contributed by atoms with Gasteiger partial charge in [0.2, 0.25) is 0 Å². The molecule has 2 aromatic rings. The third-order valence-corrected chi connectivity index (χ3v) is 5.93. The molecular formula is C24H26F2N2O3. The molecule has 0 saturated carbocycles. The molecule has 2 heterocycles. The van der Waals surface area contributed by atoms with Crippen LogP contribution >= 0.6 is 0 Å². The molecule has 2 fully saturated rings. The largest absolute Gasteiger partial charge is 0.493 e. The predicted octanol–water partition coefficient (Wildman–Crippen LogP) is 4.13. The van der Waals surface area contributed by atoms with E-state index < -0.39 is 11.6 Å². The van der Waals surface area contributed by atoms with Crippen molar-refractivity contribution in [2.24, 2.45) is 5.92 Å². The smallest absolute Gasteiger partial charge is 0.253 e. The fraction of sp³-hybridized carbons (Fsp3) is 0.417. The van der Waals surface area contributed by atoms with E-state index in [9.17, 15) is 18.4 Å². The second-order valence-corrected chi connectivity index (χ2v) is 8.23. The first-order valence-corrected chi connectivity index (χ1v) is 10.8. The monoisotopic (exact) mass is 428 g/mol. The lowest BCUT2D eigenvalue weighted by Gasteiger charge is -2.32. The van der Waals surface area contributed by atoms with Crippen LogP contribution in [0.3, 0.4) is 0 Å². The molecule has 2 saturated heterocycles. The molecule has 0 spiro atoms. The minimum absolute atomic E-state index is 0.0314. The van der Waals surface area contributed by atoms with Crippen LogP contribution in [0.5, 0.6) is 5.75 Å². The molecule has 0 aromatic heterocycles. The van der Waals surface area contributed by atoms with Crippen molar-refractivity contribution in [3.8, 4) is 5.75 Å². The van der Waals surface area contributed by atoms with Crippen LogP contribution in [0.1, 0.15) is 46.4 Å². The first kappa shape index (κ1) is 21.3. The van der Waals surface area contributed by atoms with Crippen molar-refractivity contribution in [1.82, 2.24) is 9.80 Å². The van der Waals surface area contributed by atoms with Gasteiger partial charge < -0.3 is 14.5 Å². The van der Waals surface area contributed by atoms with E-state index in [-0.39, 0.29) is 23.3 Å². The van der Waals surface area contributed by atoms with Gasteiger partial charge in [-0.25, -0.2) is 8.78 Å². The maximum Gasteiger partial charge on any atom is 0.253 e. The Morgan fingerprint density at radius 2 is 1.58 bits per heavy atom. The van der Waals surface area contributed by atoms with E-state index in [0.717, 1.165) is 50.9 Å². The average Bonchev–Trinajstić information content (AvgIpc) is 3.34. The zero-order valence-corrected chi connectivity index (χ0v) is 17.4. The molecule has 0 unspecified atom stereocenters. The number of halogens is 2. The number of carbonyl (C=O) groups excluding carboxylic acids is 2. The lowest BCUT2D eigenvalue weighted by Crippen LogP contribution is -2.41. The maximum absolute atomic E-state index is 13.5. The summed E-state index contributed by atoms with van der Waals surface area (Å²) in [7, 11) is 0. The topological polar surface area (TPSA) is 49.9 Å². The third-order valence-electron chi connectivity index (χ3n) is 5.93. The van der Waals surface area contributed by atoms with Crippen LogP contribution in [0.25, 0.3) is 0 Å². The summed E-state index contributed by atoms with van der Waals surface area (Å²) in [6, 6.07) is 10.4. The van der Waals surface area contributed by atoms with Crippen molar-refractivity contribution in [3.63, 3.8) is 0 Å². The Labute approximate surface area is 180 Å². The molecule has 2 amide bonds. The van der Waals surface area contributed by atoms with Gasteiger partial charge in [0.25, 0.3) is 11.8 Å². The molecule has 0 aliphatic carbocycles. The molecule has 7 heteroatoms. The van der Waals surface area contributed by atoms with Gasteiger partial charge in [-0.15, -0.1) is 0 Å². The van der Waals surface area contributed by atoms with Gasteiger partial charge in [0.15, 0.2) is 11.6 Å². The Morgan fingerprint density at radius 3 is 2.35 bits per heavy atom. The van der Waals surface area contributed by atoms with Gasteiger partial charge in [-0.05, 0) is 62.1 Å². The van der Waals surface area contributed by atoms with Crippen LogP contribution in [0.4, 0.5) is 8.78 Å². The molecule has 2 aromatic carbocycles. The lowest BCUT2D eigenvalue weighted by molar-refractivity contribution is 0.0632. The Hall–Kier alpha value is -2.96. The zero-order valence-electron chi connectivity index (χ0n) is 17.4.